The second kappa shape index (κ2) is 8.37. The van der Waals surface area contributed by atoms with Gasteiger partial charge in [-0.15, -0.1) is 0 Å². The number of hydrogen-bond donors (Lipinski definition) is 2. The summed E-state index contributed by atoms with van der Waals surface area (Å²) in [7, 11) is 0. The molecule has 0 unspecified atom stereocenters. The lowest BCUT2D eigenvalue weighted by Gasteiger charge is -2.30. The SMILES string of the molecule is CCC(CC)(CN)CNC(=O)CCOCC(F)(F)F. The van der Waals surface area contributed by atoms with E-state index in [2.05, 4.69) is 10.1 Å². The standard InChI is InChI=1S/C12H23F3N2O2/c1-3-11(4-2,7-16)8-17-10(18)5-6-19-9-12(13,14)15/h3-9,16H2,1-2H3,(H,17,18). The van der Waals surface area contributed by atoms with Crippen molar-refractivity contribution in [1.82, 2.24) is 5.32 Å². The summed E-state index contributed by atoms with van der Waals surface area (Å²) in [4.78, 5) is 11.4. The van der Waals surface area contributed by atoms with Crippen molar-refractivity contribution in [2.75, 3.05) is 26.3 Å². The molecule has 0 rings (SSSR count). The van der Waals surface area contributed by atoms with E-state index in [9.17, 15) is 18.0 Å². The normalized spacial score (nSPS) is 12.5. The minimum atomic E-state index is -4.35. The molecule has 114 valence electrons. The maximum absolute atomic E-state index is 11.8. The van der Waals surface area contributed by atoms with Crippen LogP contribution < -0.4 is 11.1 Å². The molecule has 0 spiro atoms. The van der Waals surface area contributed by atoms with E-state index in [0.717, 1.165) is 12.8 Å². The van der Waals surface area contributed by atoms with Crippen molar-refractivity contribution in [3.63, 3.8) is 0 Å². The van der Waals surface area contributed by atoms with Crippen molar-refractivity contribution < 1.29 is 22.7 Å². The van der Waals surface area contributed by atoms with Gasteiger partial charge in [-0.1, -0.05) is 13.8 Å². The van der Waals surface area contributed by atoms with Gasteiger partial charge in [-0.3, -0.25) is 4.79 Å². The third-order valence-electron chi connectivity index (χ3n) is 3.33. The van der Waals surface area contributed by atoms with Crippen LogP contribution in [0.15, 0.2) is 0 Å². The summed E-state index contributed by atoms with van der Waals surface area (Å²) in [6.07, 6.45) is -2.75. The van der Waals surface area contributed by atoms with Crippen LogP contribution in [0.25, 0.3) is 0 Å². The molecule has 0 aromatic carbocycles. The molecule has 0 saturated carbocycles. The van der Waals surface area contributed by atoms with Gasteiger partial charge >= 0.3 is 6.18 Å². The van der Waals surface area contributed by atoms with Gasteiger partial charge < -0.3 is 15.8 Å². The first-order valence-corrected chi connectivity index (χ1v) is 6.40. The van der Waals surface area contributed by atoms with E-state index in [1.807, 2.05) is 13.8 Å². The lowest BCUT2D eigenvalue weighted by atomic mass is 9.82. The Hall–Kier alpha value is -0.820. The quantitative estimate of drug-likeness (QED) is 0.635. The van der Waals surface area contributed by atoms with Crippen molar-refractivity contribution >= 4 is 5.91 Å². The Labute approximate surface area is 111 Å². The van der Waals surface area contributed by atoms with Crippen LogP contribution in [-0.4, -0.2) is 38.4 Å². The summed E-state index contributed by atoms with van der Waals surface area (Å²) in [5.41, 5.74) is 5.55. The van der Waals surface area contributed by atoms with Gasteiger partial charge in [0.05, 0.1) is 6.61 Å². The van der Waals surface area contributed by atoms with E-state index in [-0.39, 0.29) is 24.3 Å². The van der Waals surface area contributed by atoms with Crippen LogP contribution >= 0.6 is 0 Å². The van der Waals surface area contributed by atoms with Gasteiger partial charge in [0.15, 0.2) is 0 Å². The van der Waals surface area contributed by atoms with Crippen molar-refractivity contribution in [3.05, 3.63) is 0 Å². The summed E-state index contributed by atoms with van der Waals surface area (Å²) in [6, 6.07) is 0. The molecule has 0 bridgehead atoms. The molecule has 1 amide bonds. The number of alkyl halides is 3. The average Bonchev–Trinajstić information content (AvgIpc) is 2.36. The molecule has 0 aliphatic rings. The number of amides is 1. The zero-order valence-electron chi connectivity index (χ0n) is 11.5. The van der Waals surface area contributed by atoms with E-state index in [1.165, 1.54) is 0 Å². The van der Waals surface area contributed by atoms with E-state index in [0.29, 0.717) is 13.1 Å². The van der Waals surface area contributed by atoms with Gasteiger partial charge in [0.1, 0.15) is 6.61 Å². The average molecular weight is 284 g/mol. The zero-order valence-corrected chi connectivity index (χ0v) is 11.5. The highest BCUT2D eigenvalue weighted by Crippen LogP contribution is 2.23. The van der Waals surface area contributed by atoms with Crippen LogP contribution in [0.1, 0.15) is 33.1 Å². The maximum Gasteiger partial charge on any atom is 0.411 e. The number of halogens is 3. The molecule has 0 atom stereocenters. The summed E-state index contributed by atoms with van der Waals surface area (Å²) >= 11 is 0. The Balaban J connectivity index is 3.87. The second-order valence-electron chi connectivity index (χ2n) is 4.61. The Morgan fingerprint density at radius 2 is 1.84 bits per heavy atom. The summed E-state index contributed by atoms with van der Waals surface area (Å²) < 4.78 is 39.7. The van der Waals surface area contributed by atoms with Crippen molar-refractivity contribution in [3.8, 4) is 0 Å². The first-order valence-electron chi connectivity index (χ1n) is 6.40. The minimum absolute atomic E-state index is 0.0792. The molecule has 0 aromatic rings. The van der Waals surface area contributed by atoms with E-state index in [4.69, 9.17) is 5.73 Å². The highest BCUT2D eigenvalue weighted by atomic mass is 19.4. The molecule has 3 N–H and O–H groups in total. The lowest BCUT2D eigenvalue weighted by molar-refractivity contribution is -0.174. The van der Waals surface area contributed by atoms with Crippen molar-refractivity contribution in [2.24, 2.45) is 11.1 Å². The molecule has 0 aliphatic heterocycles. The molecule has 7 heteroatoms. The molecular formula is C12H23F3N2O2. The number of hydrogen-bond acceptors (Lipinski definition) is 3. The fraction of sp³-hybridized carbons (Fsp3) is 0.917. The highest BCUT2D eigenvalue weighted by molar-refractivity contribution is 5.76. The summed E-state index contributed by atoms with van der Waals surface area (Å²) in [6.45, 7) is 3.33. The Morgan fingerprint density at radius 1 is 1.26 bits per heavy atom. The third kappa shape index (κ3) is 8.05. The Bertz CT molecular complexity index is 258. The van der Waals surface area contributed by atoms with Gasteiger partial charge in [-0.2, -0.15) is 13.2 Å². The maximum atomic E-state index is 11.8. The second-order valence-corrected chi connectivity index (χ2v) is 4.61. The fourth-order valence-electron chi connectivity index (χ4n) is 1.59. The van der Waals surface area contributed by atoms with E-state index in [1.54, 1.807) is 0 Å². The number of carbonyl (C=O) groups excluding carboxylic acids is 1. The van der Waals surface area contributed by atoms with Crippen molar-refractivity contribution in [1.29, 1.82) is 0 Å². The van der Waals surface area contributed by atoms with Crippen LogP contribution in [-0.2, 0) is 9.53 Å². The molecule has 4 nitrogen and oxygen atoms in total. The molecule has 0 aliphatic carbocycles. The molecule has 19 heavy (non-hydrogen) atoms. The zero-order chi connectivity index (χ0) is 14.9. The van der Waals surface area contributed by atoms with Gasteiger partial charge in [0.2, 0.25) is 5.91 Å². The van der Waals surface area contributed by atoms with Crippen molar-refractivity contribution in [2.45, 2.75) is 39.3 Å². The molecule has 0 aromatic heterocycles. The van der Waals surface area contributed by atoms with Crippen LogP contribution in [0.5, 0.6) is 0 Å². The molecule has 0 fully saturated rings. The number of nitrogens with two attached hydrogens (primary N) is 1. The van der Waals surface area contributed by atoms with Gasteiger partial charge in [0, 0.05) is 13.0 Å². The number of carbonyl (C=O) groups is 1. The Kier molecular flexibility index (Phi) is 8.01. The fourth-order valence-corrected chi connectivity index (χ4v) is 1.59. The molecule has 0 saturated heterocycles. The summed E-state index contributed by atoms with van der Waals surface area (Å²) in [5, 5.41) is 2.69. The number of ether oxygens (including phenoxy) is 1. The van der Waals surface area contributed by atoms with Crippen LogP contribution in [0, 0.1) is 5.41 Å². The monoisotopic (exact) mass is 284 g/mol. The van der Waals surface area contributed by atoms with E-state index < -0.39 is 12.8 Å². The lowest BCUT2D eigenvalue weighted by Crippen LogP contribution is -2.42. The highest BCUT2D eigenvalue weighted by Gasteiger charge is 2.27. The van der Waals surface area contributed by atoms with Gasteiger partial charge in [-0.05, 0) is 24.8 Å². The van der Waals surface area contributed by atoms with Crippen LogP contribution in [0.4, 0.5) is 13.2 Å². The largest absolute Gasteiger partial charge is 0.411 e. The minimum Gasteiger partial charge on any atom is -0.372 e. The Morgan fingerprint density at radius 3 is 2.26 bits per heavy atom. The summed E-state index contributed by atoms with van der Waals surface area (Å²) in [5.74, 6) is -0.318. The predicted octanol–water partition coefficient (Wildman–Crippen LogP) is 1.84. The molecule has 0 heterocycles. The van der Waals surface area contributed by atoms with Gasteiger partial charge in [0.25, 0.3) is 0 Å². The molecule has 0 radical (unpaired) electrons. The predicted molar refractivity (Wildman–Crippen MR) is 66.6 cm³/mol. The van der Waals surface area contributed by atoms with Gasteiger partial charge in [-0.25, -0.2) is 0 Å². The first kappa shape index (κ1) is 18.2. The van der Waals surface area contributed by atoms with E-state index >= 15 is 0 Å². The topological polar surface area (TPSA) is 64.3 Å². The third-order valence-corrected chi connectivity index (χ3v) is 3.33. The van der Waals surface area contributed by atoms with Crippen LogP contribution in [0.2, 0.25) is 0 Å². The number of nitrogens with one attached hydrogen (secondary N) is 1. The number of rotatable bonds is 9. The first-order chi connectivity index (χ1) is 8.78. The smallest absolute Gasteiger partial charge is 0.372 e. The van der Waals surface area contributed by atoms with Crippen LogP contribution in [0.3, 0.4) is 0 Å². The molecular weight excluding hydrogens is 261 g/mol.